The van der Waals surface area contributed by atoms with Gasteiger partial charge in [-0.15, -0.1) is 0 Å². The Hall–Kier alpha value is -3.64. The lowest BCUT2D eigenvalue weighted by Gasteiger charge is -2.09. The number of nitrogens with zero attached hydrogens (tertiary/aromatic N) is 3. The molecule has 4 rings (SSSR count). The number of aryl methyl sites for hydroxylation is 1. The molecule has 0 spiro atoms. The van der Waals surface area contributed by atoms with Gasteiger partial charge < -0.3 is 9.30 Å². The van der Waals surface area contributed by atoms with Gasteiger partial charge in [0.05, 0.1) is 6.21 Å². The third-order valence-electron chi connectivity index (χ3n) is 4.88. The van der Waals surface area contributed by atoms with Crippen LogP contribution in [0.25, 0.3) is 16.6 Å². The molecule has 0 radical (unpaired) electrons. The van der Waals surface area contributed by atoms with Gasteiger partial charge >= 0.3 is 0 Å². The van der Waals surface area contributed by atoms with Crippen molar-refractivity contribution in [1.82, 2.24) is 15.0 Å². The smallest absolute Gasteiger partial charge is 0.277 e. The number of fused-ring (bicyclic) bond motifs is 1. The van der Waals surface area contributed by atoms with Crippen molar-refractivity contribution in [3.63, 3.8) is 0 Å². The van der Waals surface area contributed by atoms with Crippen LogP contribution < -0.4 is 10.2 Å². The number of amides is 1. The second-order valence-corrected chi connectivity index (χ2v) is 7.49. The first kappa shape index (κ1) is 20.6. The number of pyridine rings is 1. The molecule has 4 aromatic rings. The summed E-state index contributed by atoms with van der Waals surface area (Å²) in [4.78, 5) is 16.5. The molecule has 0 aliphatic rings. The number of aromatic nitrogens is 2. The van der Waals surface area contributed by atoms with E-state index in [-0.39, 0.29) is 12.5 Å². The third-order valence-corrected chi connectivity index (χ3v) is 5.12. The van der Waals surface area contributed by atoms with E-state index in [1.165, 1.54) is 0 Å². The third kappa shape index (κ3) is 4.59. The summed E-state index contributed by atoms with van der Waals surface area (Å²) in [5.74, 6) is 0.204. The van der Waals surface area contributed by atoms with Gasteiger partial charge in [0.15, 0.2) is 6.61 Å². The number of nitrogens with one attached hydrogen (secondary N) is 1. The summed E-state index contributed by atoms with van der Waals surface area (Å²) in [7, 11) is 0. The van der Waals surface area contributed by atoms with E-state index in [1.807, 2.05) is 68.4 Å². The van der Waals surface area contributed by atoms with Gasteiger partial charge in [-0.2, -0.15) is 5.10 Å². The highest BCUT2D eigenvalue weighted by atomic mass is 35.5. The van der Waals surface area contributed by atoms with E-state index in [0.29, 0.717) is 10.8 Å². The van der Waals surface area contributed by atoms with Crippen LogP contribution in [-0.2, 0) is 4.79 Å². The molecule has 6 nitrogen and oxygen atoms in total. The number of hydrazone groups is 1. The summed E-state index contributed by atoms with van der Waals surface area (Å²) in [5, 5.41) is 5.71. The first-order chi connectivity index (χ1) is 15.0. The van der Waals surface area contributed by atoms with Crippen LogP contribution in [0.4, 0.5) is 0 Å². The van der Waals surface area contributed by atoms with Gasteiger partial charge in [-0.3, -0.25) is 9.78 Å². The summed E-state index contributed by atoms with van der Waals surface area (Å²) in [5.41, 5.74) is 7.14. The molecule has 0 bridgehead atoms. The summed E-state index contributed by atoms with van der Waals surface area (Å²) < 4.78 is 7.72. The highest BCUT2D eigenvalue weighted by Crippen LogP contribution is 2.23. The van der Waals surface area contributed by atoms with Crippen LogP contribution >= 0.6 is 11.6 Å². The van der Waals surface area contributed by atoms with E-state index in [0.717, 1.165) is 33.5 Å². The number of carbonyl (C=O) groups is 1. The Balaban J connectivity index is 1.41. The lowest BCUT2D eigenvalue weighted by Crippen LogP contribution is -2.24. The molecular weight excluding hydrogens is 412 g/mol. The second kappa shape index (κ2) is 9.02. The molecule has 31 heavy (non-hydrogen) atoms. The molecule has 0 aliphatic heterocycles. The Morgan fingerprint density at radius 3 is 2.81 bits per heavy atom. The number of rotatable bonds is 6. The number of hydrogen-bond acceptors (Lipinski definition) is 4. The van der Waals surface area contributed by atoms with Crippen molar-refractivity contribution in [2.24, 2.45) is 5.10 Å². The Morgan fingerprint density at radius 1 is 1.16 bits per heavy atom. The molecule has 2 aromatic carbocycles. The zero-order valence-corrected chi connectivity index (χ0v) is 17.9. The fraction of sp³-hybridized carbons (Fsp3) is 0.125. The highest BCUT2D eigenvalue weighted by Gasteiger charge is 2.10. The van der Waals surface area contributed by atoms with E-state index >= 15 is 0 Å². The Morgan fingerprint density at radius 2 is 1.97 bits per heavy atom. The number of halogens is 1. The minimum Gasteiger partial charge on any atom is -0.481 e. The second-order valence-electron chi connectivity index (χ2n) is 7.05. The highest BCUT2D eigenvalue weighted by molar-refractivity contribution is 6.30. The van der Waals surface area contributed by atoms with Crippen LogP contribution in [0.15, 0.2) is 72.0 Å². The molecule has 0 saturated carbocycles. The van der Waals surface area contributed by atoms with E-state index in [9.17, 15) is 4.79 Å². The first-order valence-corrected chi connectivity index (χ1v) is 10.1. The largest absolute Gasteiger partial charge is 0.481 e. The zero-order valence-electron chi connectivity index (χ0n) is 17.2. The molecule has 2 aromatic heterocycles. The van der Waals surface area contributed by atoms with Crippen molar-refractivity contribution in [3.05, 3.63) is 88.8 Å². The van der Waals surface area contributed by atoms with Crippen LogP contribution in [0.3, 0.4) is 0 Å². The molecule has 0 fully saturated rings. The Labute approximate surface area is 185 Å². The fourth-order valence-electron chi connectivity index (χ4n) is 3.47. The maximum atomic E-state index is 12.2. The minimum atomic E-state index is -0.354. The molecule has 0 saturated heterocycles. The minimum absolute atomic E-state index is 0.158. The topological polar surface area (TPSA) is 68.5 Å². The average molecular weight is 433 g/mol. The lowest BCUT2D eigenvalue weighted by atomic mass is 10.2. The normalized spacial score (nSPS) is 11.2. The first-order valence-electron chi connectivity index (χ1n) is 9.76. The maximum absolute atomic E-state index is 12.2. The maximum Gasteiger partial charge on any atom is 0.277 e. The van der Waals surface area contributed by atoms with Crippen molar-refractivity contribution >= 4 is 34.6 Å². The van der Waals surface area contributed by atoms with E-state index in [4.69, 9.17) is 16.3 Å². The number of hydrogen-bond donors (Lipinski definition) is 1. The predicted molar refractivity (Wildman–Crippen MR) is 123 cm³/mol. The van der Waals surface area contributed by atoms with Crippen molar-refractivity contribution < 1.29 is 9.53 Å². The summed E-state index contributed by atoms with van der Waals surface area (Å²) >= 11 is 6.13. The number of para-hydroxylation sites is 1. The fourth-order valence-corrected chi connectivity index (χ4v) is 3.66. The van der Waals surface area contributed by atoms with E-state index in [1.54, 1.807) is 18.5 Å². The molecule has 156 valence electrons. The van der Waals surface area contributed by atoms with Crippen LogP contribution in [-0.4, -0.2) is 28.3 Å². The number of ether oxygens (including phenoxy) is 1. The molecule has 7 heteroatoms. The van der Waals surface area contributed by atoms with Crippen LogP contribution in [0, 0.1) is 13.8 Å². The van der Waals surface area contributed by atoms with Gasteiger partial charge in [0.25, 0.3) is 5.91 Å². The Kier molecular flexibility index (Phi) is 6.00. The van der Waals surface area contributed by atoms with Gasteiger partial charge in [-0.05, 0) is 50.2 Å². The van der Waals surface area contributed by atoms with Gasteiger partial charge in [-0.1, -0.05) is 35.9 Å². The zero-order chi connectivity index (χ0) is 21.8. The molecule has 0 unspecified atom stereocenters. The number of benzene rings is 2. The SMILES string of the molecule is Cc1cc(/C=N\NC(=O)COc2cccc3cccnc23)c(C)n1-c1cccc(Cl)c1. The Bertz CT molecular complexity index is 1270. The molecule has 0 atom stereocenters. The predicted octanol–water partition coefficient (Wildman–Crippen LogP) is 4.82. The molecule has 0 aliphatic carbocycles. The van der Waals surface area contributed by atoms with Gasteiger partial charge in [0.2, 0.25) is 0 Å². The molecular formula is C24H21ClN4O2. The molecule has 1 N–H and O–H groups in total. The van der Waals surface area contributed by atoms with Crippen LogP contribution in [0.5, 0.6) is 5.75 Å². The van der Waals surface area contributed by atoms with Gasteiger partial charge in [-0.25, -0.2) is 5.43 Å². The summed E-state index contributed by atoms with van der Waals surface area (Å²) in [6.07, 6.45) is 3.32. The molecule has 1 amide bonds. The van der Waals surface area contributed by atoms with Crippen molar-refractivity contribution in [3.8, 4) is 11.4 Å². The van der Waals surface area contributed by atoms with Crippen molar-refractivity contribution in [1.29, 1.82) is 0 Å². The van der Waals surface area contributed by atoms with Crippen molar-refractivity contribution in [2.45, 2.75) is 13.8 Å². The lowest BCUT2D eigenvalue weighted by molar-refractivity contribution is -0.123. The van der Waals surface area contributed by atoms with Crippen molar-refractivity contribution in [2.75, 3.05) is 6.61 Å². The van der Waals surface area contributed by atoms with Gasteiger partial charge in [0, 0.05) is 39.2 Å². The van der Waals surface area contributed by atoms with Crippen LogP contribution in [0.1, 0.15) is 17.0 Å². The van der Waals surface area contributed by atoms with E-state index in [2.05, 4.69) is 20.1 Å². The average Bonchev–Trinajstić information content (AvgIpc) is 3.05. The van der Waals surface area contributed by atoms with E-state index < -0.39 is 0 Å². The standard InChI is InChI=1S/C24H21ClN4O2/c1-16-12-19(17(2)29(16)21-9-4-8-20(25)13-21)14-27-28-23(30)15-31-22-10-3-6-18-7-5-11-26-24(18)22/h3-14H,15H2,1-2H3,(H,28,30)/b27-14-. The number of carbonyl (C=O) groups excluding carboxylic acids is 1. The monoisotopic (exact) mass is 432 g/mol. The summed E-state index contributed by atoms with van der Waals surface area (Å²) in [6.45, 7) is 3.85. The quantitative estimate of drug-likeness (QED) is 0.350. The molecule has 2 heterocycles. The summed E-state index contributed by atoms with van der Waals surface area (Å²) in [6, 6.07) is 19.1. The van der Waals surface area contributed by atoms with Crippen LogP contribution in [0.2, 0.25) is 5.02 Å². The van der Waals surface area contributed by atoms with Gasteiger partial charge in [0.1, 0.15) is 11.3 Å².